The van der Waals surface area contributed by atoms with E-state index in [1.54, 1.807) is 19.0 Å². The molecule has 2 N–H and O–H groups in total. The lowest BCUT2D eigenvalue weighted by atomic mass is 10.0. The monoisotopic (exact) mass is 311 g/mol. The molecule has 2 amide bonds. The van der Waals surface area contributed by atoms with E-state index in [-0.39, 0.29) is 23.9 Å². The lowest BCUT2D eigenvalue weighted by molar-refractivity contribution is -0.125. The van der Waals surface area contributed by atoms with Crippen LogP contribution in [0.25, 0.3) is 0 Å². The minimum Gasteiger partial charge on any atom is -0.352 e. The van der Waals surface area contributed by atoms with Gasteiger partial charge in [-0.15, -0.1) is 0 Å². The SMILES string of the molecule is CN(C)[C@@H](CNC(=O)[C@H]1CCC(=O)N1)c1c(F)cccc1F. The predicted octanol–water partition coefficient (Wildman–Crippen LogP) is 0.962. The third-order valence-electron chi connectivity index (χ3n) is 3.74. The first kappa shape index (κ1) is 16.4. The van der Waals surface area contributed by atoms with Gasteiger partial charge in [0.15, 0.2) is 0 Å². The number of nitrogens with zero attached hydrogens (tertiary/aromatic N) is 1. The van der Waals surface area contributed by atoms with Crippen molar-refractivity contribution in [1.29, 1.82) is 0 Å². The van der Waals surface area contributed by atoms with Crippen molar-refractivity contribution in [3.8, 4) is 0 Å². The smallest absolute Gasteiger partial charge is 0.242 e. The minimum absolute atomic E-state index is 0.0516. The fourth-order valence-corrected chi connectivity index (χ4v) is 2.50. The Morgan fingerprint density at radius 3 is 2.55 bits per heavy atom. The summed E-state index contributed by atoms with van der Waals surface area (Å²) < 4.78 is 27.8. The van der Waals surface area contributed by atoms with E-state index < -0.39 is 23.7 Å². The molecule has 0 saturated carbocycles. The van der Waals surface area contributed by atoms with Crippen LogP contribution in [0.5, 0.6) is 0 Å². The number of benzene rings is 1. The van der Waals surface area contributed by atoms with Gasteiger partial charge in [0.05, 0.1) is 6.04 Å². The van der Waals surface area contributed by atoms with E-state index in [0.29, 0.717) is 12.8 Å². The van der Waals surface area contributed by atoms with Gasteiger partial charge < -0.3 is 15.5 Å². The molecule has 1 fully saturated rings. The van der Waals surface area contributed by atoms with Crippen LogP contribution in [0, 0.1) is 11.6 Å². The van der Waals surface area contributed by atoms with Gasteiger partial charge in [-0.3, -0.25) is 9.59 Å². The van der Waals surface area contributed by atoms with Crippen molar-refractivity contribution in [2.45, 2.75) is 24.9 Å². The van der Waals surface area contributed by atoms with Gasteiger partial charge >= 0.3 is 0 Å². The van der Waals surface area contributed by atoms with E-state index in [2.05, 4.69) is 10.6 Å². The average molecular weight is 311 g/mol. The molecule has 0 aliphatic carbocycles. The third kappa shape index (κ3) is 3.59. The van der Waals surface area contributed by atoms with Crippen LogP contribution < -0.4 is 10.6 Å². The Hall–Kier alpha value is -2.02. The Balaban J connectivity index is 2.07. The second-order valence-electron chi connectivity index (χ2n) is 5.52. The van der Waals surface area contributed by atoms with Crippen LogP contribution in [0.4, 0.5) is 8.78 Å². The topological polar surface area (TPSA) is 61.4 Å². The molecule has 0 spiro atoms. The van der Waals surface area contributed by atoms with Crippen LogP contribution in [-0.2, 0) is 9.59 Å². The van der Waals surface area contributed by atoms with Gasteiger partial charge in [0.25, 0.3) is 0 Å². The van der Waals surface area contributed by atoms with Crippen molar-refractivity contribution in [2.24, 2.45) is 0 Å². The average Bonchev–Trinajstić information content (AvgIpc) is 2.88. The second kappa shape index (κ2) is 6.83. The number of likely N-dealkylation sites (N-methyl/N-ethyl adjacent to an activating group) is 1. The van der Waals surface area contributed by atoms with Crippen molar-refractivity contribution in [1.82, 2.24) is 15.5 Å². The third-order valence-corrected chi connectivity index (χ3v) is 3.74. The quantitative estimate of drug-likeness (QED) is 0.851. The number of hydrogen-bond acceptors (Lipinski definition) is 3. The van der Waals surface area contributed by atoms with Crippen molar-refractivity contribution in [2.75, 3.05) is 20.6 Å². The van der Waals surface area contributed by atoms with E-state index in [1.807, 2.05) is 0 Å². The molecule has 1 aliphatic heterocycles. The fraction of sp³-hybridized carbons (Fsp3) is 0.467. The Labute approximate surface area is 127 Å². The van der Waals surface area contributed by atoms with Crippen LogP contribution in [0.1, 0.15) is 24.4 Å². The second-order valence-corrected chi connectivity index (χ2v) is 5.52. The number of carbonyl (C=O) groups excluding carboxylic acids is 2. The van der Waals surface area contributed by atoms with Gasteiger partial charge in [-0.25, -0.2) is 8.78 Å². The molecule has 1 aromatic carbocycles. The van der Waals surface area contributed by atoms with Gasteiger partial charge in [-0.2, -0.15) is 0 Å². The highest BCUT2D eigenvalue weighted by Gasteiger charge is 2.28. The molecule has 1 saturated heterocycles. The maximum atomic E-state index is 13.9. The summed E-state index contributed by atoms with van der Waals surface area (Å²) >= 11 is 0. The molecule has 7 heteroatoms. The molecule has 120 valence electrons. The molecule has 1 aromatic rings. The minimum atomic E-state index is -0.651. The highest BCUT2D eigenvalue weighted by Crippen LogP contribution is 2.24. The number of amides is 2. The molecule has 22 heavy (non-hydrogen) atoms. The maximum Gasteiger partial charge on any atom is 0.242 e. The first-order valence-electron chi connectivity index (χ1n) is 7.07. The molecule has 0 aromatic heterocycles. The molecule has 0 radical (unpaired) electrons. The summed E-state index contributed by atoms with van der Waals surface area (Å²) in [4.78, 5) is 24.7. The van der Waals surface area contributed by atoms with Crippen LogP contribution >= 0.6 is 0 Å². The Bertz CT molecular complexity index is 558. The van der Waals surface area contributed by atoms with E-state index >= 15 is 0 Å². The van der Waals surface area contributed by atoms with Crippen molar-refractivity contribution in [3.05, 3.63) is 35.4 Å². The number of halogens is 2. The van der Waals surface area contributed by atoms with E-state index in [1.165, 1.54) is 18.2 Å². The first-order chi connectivity index (χ1) is 10.4. The molecule has 2 rings (SSSR count). The van der Waals surface area contributed by atoms with Crippen molar-refractivity contribution < 1.29 is 18.4 Å². The van der Waals surface area contributed by atoms with E-state index in [4.69, 9.17) is 0 Å². The Morgan fingerprint density at radius 1 is 1.41 bits per heavy atom. The molecule has 2 atom stereocenters. The first-order valence-corrected chi connectivity index (χ1v) is 7.07. The van der Waals surface area contributed by atoms with Gasteiger partial charge in [-0.05, 0) is 32.6 Å². The van der Waals surface area contributed by atoms with Crippen molar-refractivity contribution >= 4 is 11.8 Å². The molecular weight excluding hydrogens is 292 g/mol. The van der Waals surface area contributed by atoms with Crippen LogP contribution in [0.2, 0.25) is 0 Å². The number of nitrogens with one attached hydrogen (secondary N) is 2. The van der Waals surface area contributed by atoms with Gasteiger partial charge in [0.1, 0.15) is 17.7 Å². The van der Waals surface area contributed by atoms with Crippen LogP contribution in [-0.4, -0.2) is 43.4 Å². The van der Waals surface area contributed by atoms with Gasteiger partial charge in [0.2, 0.25) is 11.8 Å². The molecule has 0 bridgehead atoms. The van der Waals surface area contributed by atoms with Crippen LogP contribution in [0.3, 0.4) is 0 Å². The highest BCUT2D eigenvalue weighted by molar-refractivity contribution is 5.90. The standard InChI is InChI=1S/C15H19F2N3O2/c1-20(2)12(14-9(16)4-3-5-10(14)17)8-18-15(22)11-6-7-13(21)19-11/h3-5,11-12H,6-8H2,1-2H3,(H,18,22)(H,19,21)/t11-,12+/m1/s1. The van der Waals surface area contributed by atoms with E-state index in [9.17, 15) is 18.4 Å². The Morgan fingerprint density at radius 2 is 2.05 bits per heavy atom. The summed E-state index contributed by atoms with van der Waals surface area (Å²) in [6.07, 6.45) is 0.752. The largest absolute Gasteiger partial charge is 0.352 e. The van der Waals surface area contributed by atoms with Gasteiger partial charge in [-0.1, -0.05) is 6.07 Å². The number of hydrogen-bond donors (Lipinski definition) is 2. The summed E-state index contributed by atoms with van der Waals surface area (Å²) in [6, 6.07) is 2.47. The van der Waals surface area contributed by atoms with Crippen LogP contribution in [0.15, 0.2) is 18.2 Å². The lowest BCUT2D eigenvalue weighted by Crippen LogP contribution is -2.44. The normalized spacial score (nSPS) is 19.1. The van der Waals surface area contributed by atoms with E-state index in [0.717, 1.165) is 0 Å². The summed E-state index contributed by atoms with van der Waals surface area (Å²) in [5.74, 6) is -1.80. The predicted molar refractivity (Wildman–Crippen MR) is 77.0 cm³/mol. The molecule has 0 unspecified atom stereocenters. The van der Waals surface area contributed by atoms with Crippen molar-refractivity contribution in [3.63, 3.8) is 0 Å². The number of carbonyl (C=O) groups is 2. The molecule has 1 heterocycles. The fourth-order valence-electron chi connectivity index (χ4n) is 2.50. The zero-order valence-electron chi connectivity index (χ0n) is 12.5. The summed E-state index contributed by atoms with van der Waals surface area (Å²) in [7, 11) is 3.36. The number of rotatable bonds is 5. The summed E-state index contributed by atoms with van der Waals surface area (Å²) in [6.45, 7) is 0.0516. The highest BCUT2D eigenvalue weighted by atomic mass is 19.1. The lowest BCUT2D eigenvalue weighted by Gasteiger charge is -2.26. The zero-order valence-corrected chi connectivity index (χ0v) is 12.5. The summed E-state index contributed by atoms with van der Waals surface area (Å²) in [5, 5.41) is 5.21. The zero-order chi connectivity index (χ0) is 16.3. The Kier molecular flexibility index (Phi) is 5.07. The molecular formula is C15H19F2N3O2. The summed E-state index contributed by atoms with van der Waals surface area (Å²) in [5.41, 5.74) is -0.0803. The molecule has 1 aliphatic rings. The van der Waals surface area contributed by atoms with Gasteiger partial charge in [0, 0.05) is 18.5 Å². The molecule has 5 nitrogen and oxygen atoms in total. The maximum absolute atomic E-state index is 13.9.